The second-order valence-electron chi connectivity index (χ2n) is 35.6. The van der Waals surface area contributed by atoms with Crippen LogP contribution in [0.15, 0.2) is 0 Å². The molecule has 3 fully saturated rings. The summed E-state index contributed by atoms with van der Waals surface area (Å²) in [6.07, 6.45) is 25.1. The molecule has 8 unspecified atom stereocenters. The summed E-state index contributed by atoms with van der Waals surface area (Å²) in [6.45, 7) is 80.8. The van der Waals surface area contributed by atoms with Crippen LogP contribution in [0.3, 0.4) is 0 Å². The van der Waals surface area contributed by atoms with Crippen molar-refractivity contribution in [2.45, 2.75) is 436 Å². The van der Waals surface area contributed by atoms with Crippen molar-refractivity contribution in [2.24, 2.45) is 59.2 Å². The number of nitrogens with zero attached hydrogens (tertiary/aromatic N) is 1. The smallest absolute Gasteiger partial charge is 0.237 e. The summed E-state index contributed by atoms with van der Waals surface area (Å²) in [7, 11) is 3.41. The highest BCUT2D eigenvalue weighted by Gasteiger charge is 2.24. The Morgan fingerprint density at radius 2 is 0.697 bits per heavy atom. The number of carbonyl (C=O) groups is 3. The first-order valence-electron chi connectivity index (χ1n) is 43.5. The number of aliphatic hydroxyl groups is 2. The lowest BCUT2D eigenvalue weighted by atomic mass is 9.95. The maximum atomic E-state index is 11.0. The van der Waals surface area contributed by atoms with E-state index in [1.54, 1.807) is 28.1 Å². The van der Waals surface area contributed by atoms with Crippen LogP contribution in [0.1, 0.15) is 356 Å². The first-order valence-corrected chi connectivity index (χ1v) is 43.5. The molecule has 1 aliphatic heterocycles. The van der Waals surface area contributed by atoms with Gasteiger partial charge in [0.05, 0.1) is 106 Å². The van der Waals surface area contributed by atoms with E-state index in [-0.39, 0.29) is 30.4 Å². The minimum atomic E-state index is -0.0738. The molecule has 2 N–H and O–H groups in total. The molecule has 0 amide bonds. The second kappa shape index (κ2) is 82.5. The van der Waals surface area contributed by atoms with Gasteiger partial charge in [-0.1, -0.05) is 138 Å². The average Bonchev–Trinajstić information content (AvgIpc) is 0.923. The number of hydrogen-bond acceptors (Lipinski definition) is 16. The summed E-state index contributed by atoms with van der Waals surface area (Å²) >= 11 is 0. The molecular weight excluding hydrogens is 1380 g/mol. The third-order valence-corrected chi connectivity index (χ3v) is 16.6. The minimum Gasteiger partial charge on any atom is -0.394 e. The third-order valence-electron chi connectivity index (χ3n) is 16.6. The van der Waals surface area contributed by atoms with E-state index >= 15 is 0 Å². The Kier molecular flexibility index (Phi) is 91.0. The monoisotopic (exact) mass is 1560 g/mol. The van der Waals surface area contributed by atoms with Crippen molar-refractivity contribution in [1.82, 2.24) is 0 Å². The van der Waals surface area contributed by atoms with Crippen molar-refractivity contribution < 1.29 is 76.7 Å². The normalized spacial score (nSPS) is 17.5. The van der Waals surface area contributed by atoms with Gasteiger partial charge in [0, 0.05) is 66.3 Å². The number of hydrogen-bond donors (Lipinski definition) is 2. The van der Waals surface area contributed by atoms with Gasteiger partial charge in [-0.2, -0.15) is 0 Å². The Morgan fingerprint density at radius 1 is 0.394 bits per heavy atom. The molecule has 0 aromatic rings. The van der Waals surface area contributed by atoms with Gasteiger partial charge in [0.25, 0.3) is 0 Å². The number of ether oxygens (including phenoxy) is 11. The summed E-state index contributed by atoms with van der Waals surface area (Å²) < 4.78 is 60.1. The summed E-state index contributed by atoms with van der Waals surface area (Å²) in [5.74, 6) is 7.70. The van der Waals surface area contributed by atoms with Crippen LogP contribution in [0.2, 0.25) is 0 Å². The van der Waals surface area contributed by atoms with E-state index in [0.717, 1.165) is 179 Å². The SMILES string of the molecule is CC(=O)CC(C)C.CC(=O)CC(C)C.CC(C)CC(C)OC(C)C.CC(C)CC(C)OC1CCC(=O)CC1.CC(C)CC(C)OC1CCC(O)CC1.CC(C)CC(C)OC1CCOCC1.CC(C)CC(C)OCCO.COCCCOC(C)CC(C)C.COCCOC(C)CC(C)C.[C-]#[N+]CCOC(C)CC(C)C. The molecule has 3 aliphatic rings. The topological polar surface area (TPSA) is 198 Å². The molecule has 0 aromatic carbocycles. The molecule has 109 heavy (non-hydrogen) atoms. The predicted molar refractivity (Wildman–Crippen MR) is 461 cm³/mol. The fraction of sp³-hybridized carbons (Fsp3) is 0.957. The van der Waals surface area contributed by atoms with Crippen molar-refractivity contribution in [1.29, 1.82) is 0 Å². The zero-order valence-corrected chi connectivity index (χ0v) is 78.3. The lowest BCUT2D eigenvalue weighted by Crippen LogP contribution is -2.28. The maximum Gasteiger partial charge on any atom is 0.237 e. The van der Waals surface area contributed by atoms with Gasteiger partial charge in [0.2, 0.25) is 6.54 Å². The molecule has 0 spiro atoms. The standard InChI is InChI=1S/C12H24O2.C12H22O2.C11H22O2.C10H22O2.C9H17NO.C9H20O2.C9H20O.C8H18O2.2C6H12O/c2*1-9(2)8-10(3)14-12-6-4-11(13)5-7-12;1-9(2)8-10(3)13-11-4-6-12-7-5-11;1-9(2)8-10(3)12-7-5-6-11-4;2*1-8(2)7-9(3)11-6-5-10-4;1-7(2)6-9(5)10-8(3)4;1-7(2)6-8(3)10-5-4-9;2*1-5(2)4-6(3)7/h9-13H,4-8H2,1-3H3;9-10,12H,4-8H2,1-3H3;9-11H,4-8H2,1-3H3;9-10H,5-8H2,1-4H3;8-9H,5-7H2,1-3H3;8-9H,5-7H2,1-4H3;7-9H,6H2,1-5H3;7-9H,4-6H2,1-3H3;2*5H,4H2,1-3H3. The van der Waals surface area contributed by atoms with Crippen LogP contribution in [0.25, 0.3) is 4.85 Å². The first kappa shape index (κ1) is 120. The van der Waals surface area contributed by atoms with Crippen molar-refractivity contribution >= 4 is 17.3 Å². The lowest BCUT2D eigenvalue weighted by molar-refractivity contribution is -0.124. The van der Waals surface area contributed by atoms with Crippen LogP contribution >= 0.6 is 0 Å². The Bertz CT molecular complexity index is 1890. The molecule has 3 rings (SSSR count). The van der Waals surface area contributed by atoms with Gasteiger partial charge in [-0.05, 0) is 251 Å². The predicted octanol–water partition coefficient (Wildman–Crippen LogP) is 22.7. The van der Waals surface area contributed by atoms with Gasteiger partial charge in [0.1, 0.15) is 24.0 Å². The molecule has 2 aliphatic carbocycles. The Morgan fingerprint density at radius 3 is 0.991 bits per heavy atom. The van der Waals surface area contributed by atoms with E-state index in [9.17, 15) is 19.5 Å². The van der Waals surface area contributed by atoms with Crippen LogP contribution in [0, 0.1) is 65.8 Å². The minimum absolute atomic E-state index is 0.0738. The van der Waals surface area contributed by atoms with Crippen LogP contribution in [0.5, 0.6) is 0 Å². The van der Waals surface area contributed by atoms with Crippen molar-refractivity contribution in [3.05, 3.63) is 11.4 Å². The van der Waals surface area contributed by atoms with Crippen LogP contribution in [0.4, 0.5) is 0 Å². The fourth-order valence-electron chi connectivity index (χ4n) is 12.8. The second-order valence-corrected chi connectivity index (χ2v) is 35.6. The molecule has 1 saturated heterocycles. The summed E-state index contributed by atoms with van der Waals surface area (Å²) in [5, 5.41) is 17.8. The molecule has 658 valence electrons. The van der Waals surface area contributed by atoms with Gasteiger partial charge in [-0.25, -0.2) is 6.57 Å². The van der Waals surface area contributed by atoms with Gasteiger partial charge in [-0.3, -0.25) is 4.79 Å². The number of rotatable bonds is 43. The number of aliphatic hydroxyl groups excluding tert-OH is 2. The van der Waals surface area contributed by atoms with Crippen molar-refractivity contribution in [2.75, 3.05) is 80.2 Å². The molecule has 1 heterocycles. The van der Waals surface area contributed by atoms with E-state index in [2.05, 4.69) is 178 Å². The largest absolute Gasteiger partial charge is 0.394 e. The fourth-order valence-corrected chi connectivity index (χ4v) is 12.8. The van der Waals surface area contributed by atoms with Gasteiger partial charge < -0.3 is 76.8 Å². The van der Waals surface area contributed by atoms with E-state index in [1.165, 1.54) is 0 Å². The Balaban J connectivity index is -0.000000214. The van der Waals surface area contributed by atoms with Gasteiger partial charge in [0.15, 0.2) is 0 Å². The molecule has 17 heteroatoms. The lowest BCUT2D eigenvalue weighted by Gasteiger charge is -2.28. The highest BCUT2D eigenvalue weighted by atomic mass is 16.5. The van der Waals surface area contributed by atoms with E-state index in [0.29, 0.717) is 147 Å². The first-order chi connectivity index (χ1) is 50.8. The molecule has 0 radical (unpaired) electrons. The van der Waals surface area contributed by atoms with Crippen LogP contribution in [-0.4, -0.2) is 187 Å². The molecule has 2 saturated carbocycles. The van der Waals surface area contributed by atoms with Crippen molar-refractivity contribution in [3.63, 3.8) is 0 Å². The zero-order valence-electron chi connectivity index (χ0n) is 78.3. The van der Waals surface area contributed by atoms with Crippen LogP contribution < -0.4 is 0 Å². The quantitative estimate of drug-likeness (QED) is 0.0431. The zero-order chi connectivity index (χ0) is 85.4. The summed E-state index contributed by atoms with van der Waals surface area (Å²) in [4.78, 5) is 34.7. The van der Waals surface area contributed by atoms with Gasteiger partial charge >= 0.3 is 0 Å². The molecule has 8 atom stereocenters. The summed E-state index contributed by atoms with van der Waals surface area (Å²) in [5.41, 5.74) is 0. The highest BCUT2D eigenvalue weighted by Crippen LogP contribution is 2.25. The Hall–Kier alpha value is -2.02. The summed E-state index contributed by atoms with van der Waals surface area (Å²) in [6, 6.07) is 0. The Labute approximate surface area is 677 Å². The molecule has 17 nitrogen and oxygen atoms in total. The average molecular weight is 1570 g/mol. The third kappa shape index (κ3) is 110. The number of carbonyl (C=O) groups excluding carboxylic acids is 3. The van der Waals surface area contributed by atoms with Crippen LogP contribution in [-0.2, 0) is 66.5 Å². The highest BCUT2D eigenvalue weighted by molar-refractivity contribution is 5.79. The number of Topliss-reactive ketones (excluding diaryl/α,β-unsaturated/α-hetero) is 3. The molecule has 0 bridgehead atoms. The van der Waals surface area contributed by atoms with Gasteiger partial charge in [-0.15, -0.1) is 0 Å². The van der Waals surface area contributed by atoms with E-state index in [1.807, 2.05) is 34.6 Å². The molecular formula is C92H189NO16. The maximum absolute atomic E-state index is 11.0. The van der Waals surface area contributed by atoms with Crippen molar-refractivity contribution in [3.8, 4) is 0 Å². The number of methoxy groups -OCH3 is 2. The number of ketones is 3. The molecule has 0 aromatic heterocycles. The van der Waals surface area contributed by atoms with E-state index < -0.39 is 0 Å². The van der Waals surface area contributed by atoms with E-state index in [4.69, 9.17) is 63.8 Å².